The smallest absolute Gasteiger partial charge is 0.258 e. The van der Waals surface area contributed by atoms with E-state index in [0.29, 0.717) is 19.0 Å². The lowest BCUT2D eigenvalue weighted by Crippen LogP contribution is -2.26. The van der Waals surface area contributed by atoms with Crippen LogP contribution in [0.25, 0.3) is 0 Å². The summed E-state index contributed by atoms with van der Waals surface area (Å²) in [6.07, 6.45) is 3.72. The van der Waals surface area contributed by atoms with E-state index in [4.69, 9.17) is 5.73 Å². The molecule has 0 unspecified atom stereocenters. The molecule has 5 nitrogen and oxygen atoms in total. The molecule has 0 amide bonds. The first-order valence-electron chi connectivity index (χ1n) is 5.26. The highest BCUT2D eigenvalue weighted by molar-refractivity contribution is 7.89. The summed E-state index contributed by atoms with van der Waals surface area (Å²) in [5, 5.41) is 0.0605. The van der Waals surface area contributed by atoms with E-state index < -0.39 is 10.0 Å². The normalized spacial score (nSPS) is 16.3. The molecule has 0 aliphatic heterocycles. The number of hydrogen-bond acceptors (Lipinski definition) is 4. The van der Waals surface area contributed by atoms with Crippen LogP contribution >= 0.6 is 0 Å². The lowest BCUT2D eigenvalue weighted by molar-refractivity contribution is 0.573. The van der Waals surface area contributed by atoms with Crippen LogP contribution in [0.2, 0.25) is 0 Å². The first kappa shape index (κ1) is 11.5. The molecule has 0 aromatic carbocycles. The van der Waals surface area contributed by atoms with E-state index in [0.717, 1.165) is 18.4 Å². The van der Waals surface area contributed by atoms with Crippen molar-refractivity contribution in [2.75, 3.05) is 6.54 Å². The maximum atomic E-state index is 11.8. The Morgan fingerprint density at radius 1 is 1.44 bits per heavy atom. The van der Waals surface area contributed by atoms with Gasteiger partial charge in [0.05, 0.1) is 0 Å². The van der Waals surface area contributed by atoms with Gasteiger partial charge in [-0.1, -0.05) is 6.07 Å². The average Bonchev–Trinajstić information content (AvgIpc) is 3.10. The zero-order valence-electron chi connectivity index (χ0n) is 8.89. The van der Waals surface area contributed by atoms with E-state index in [2.05, 4.69) is 9.71 Å². The zero-order chi connectivity index (χ0) is 11.6. The predicted octanol–water partition coefficient (Wildman–Crippen LogP) is 0.229. The van der Waals surface area contributed by atoms with Crippen LogP contribution in [0.5, 0.6) is 0 Å². The summed E-state index contributed by atoms with van der Waals surface area (Å²) in [5.74, 6) is 0.512. The Morgan fingerprint density at radius 2 is 2.19 bits per heavy atom. The van der Waals surface area contributed by atoms with Gasteiger partial charge in [-0.3, -0.25) is 0 Å². The molecule has 88 valence electrons. The van der Waals surface area contributed by atoms with Crippen molar-refractivity contribution in [3.8, 4) is 0 Å². The van der Waals surface area contributed by atoms with Gasteiger partial charge in [-0.25, -0.2) is 18.1 Å². The number of nitrogens with one attached hydrogen (secondary N) is 1. The fourth-order valence-electron chi connectivity index (χ4n) is 1.31. The van der Waals surface area contributed by atoms with Gasteiger partial charge in [0, 0.05) is 19.3 Å². The fourth-order valence-corrected chi connectivity index (χ4v) is 2.36. The number of sulfonamides is 1. The summed E-state index contributed by atoms with van der Waals surface area (Å²) in [6.45, 7) is 0.880. The van der Waals surface area contributed by atoms with Crippen molar-refractivity contribution in [1.29, 1.82) is 0 Å². The van der Waals surface area contributed by atoms with E-state index >= 15 is 0 Å². The van der Waals surface area contributed by atoms with Crippen LogP contribution in [0.3, 0.4) is 0 Å². The average molecular weight is 241 g/mol. The van der Waals surface area contributed by atoms with Gasteiger partial charge >= 0.3 is 0 Å². The van der Waals surface area contributed by atoms with Crippen molar-refractivity contribution in [3.63, 3.8) is 0 Å². The Kier molecular flexibility index (Phi) is 3.22. The SMILES string of the molecule is NCc1ccc(S(=O)(=O)NCC2CC2)nc1. The summed E-state index contributed by atoms with van der Waals surface area (Å²) < 4.78 is 26.1. The maximum absolute atomic E-state index is 11.8. The number of rotatable bonds is 5. The third-order valence-corrected chi connectivity index (χ3v) is 3.91. The fraction of sp³-hybridized carbons (Fsp3) is 0.500. The minimum Gasteiger partial charge on any atom is -0.326 e. The molecule has 2 rings (SSSR count). The Hall–Kier alpha value is -0.980. The van der Waals surface area contributed by atoms with Crippen molar-refractivity contribution in [2.45, 2.75) is 24.4 Å². The van der Waals surface area contributed by atoms with Crippen LogP contribution in [0.1, 0.15) is 18.4 Å². The van der Waals surface area contributed by atoms with E-state index in [1.54, 1.807) is 6.07 Å². The van der Waals surface area contributed by atoms with Gasteiger partial charge in [-0.05, 0) is 30.4 Å². The number of hydrogen-bond donors (Lipinski definition) is 2. The summed E-state index contributed by atoms with van der Waals surface area (Å²) >= 11 is 0. The largest absolute Gasteiger partial charge is 0.326 e. The van der Waals surface area contributed by atoms with Crippen molar-refractivity contribution in [1.82, 2.24) is 9.71 Å². The number of pyridine rings is 1. The molecule has 0 atom stereocenters. The van der Waals surface area contributed by atoms with Crippen molar-refractivity contribution < 1.29 is 8.42 Å². The van der Waals surface area contributed by atoms with E-state index in [-0.39, 0.29) is 5.03 Å². The number of nitrogens with two attached hydrogens (primary N) is 1. The second-order valence-electron chi connectivity index (χ2n) is 4.00. The van der Waals surface area contributed by atoms with Gasteiger partial charge in [-0.15, -0.1) is 0 Å². The van der Waals surface area contributed by atoms with Gasteiger partial charge < -0.3 is 5.73 Å². The highest BCUT2D eigenvalue weighted by atomic mass is 32.2. The maximum Gasteiger partial charge on any atom is 0.258 e. The van der Waals surface area contributed by atoms with Crippen LogP contribution in [-0.4, -0.2) is 19.9 Å². The van der Waals surface area contributed by atoms with Crippen LogP contribution in [0.15, 0.2) is 23.4 Å². The Balaban J connectivity index is 2.07. The molecule has 0 radical (unpaired) electrons. The molecule has 1 saturated carbocycles. The van der Waals surface area contributed by atoms with Crippen molar-refractivity contribution >= 4 is 10.0 Å². The lowest BCUT2D eigenvalue weighted by atomic mass is 10.3. The van der Waals surface area contributed by atoms with Crippen LogP contribution in [0, 0.1) is 5.92 Å². The molecule has 1 fully saturated rings. The first-order chi connectivity index (χ1) is 7.62. The molecule has 0 bridgehead atoms. The third-order valence-electron chi connectivity index (χ3n) is 2.57. The number of aromatic nitrogens is 1. The van der Waals surface area contributed by atoms with Gasteiger partial charge in [0.25, 0.3) is 10.0 Å². The molecule has 0 saturated heterocycles. The molecule has 1 aromatic rings. The van der Waals surface area contributed by atoms with Gasteiger partial charge in [0.1, 0.15) is 0 Å². The molecule has 0 spiro atoms. The molecule has 1 aliphatic carbocycles. The molecular formula is C10H15N3O2S. The van der Waals surface area contributed by atoms with Crippen molar-refractivity contribution in [3.05, 3.63) is 23.9 Å². The summed E-state index contributed by atoms with van der Waals surface area (Å²) in [4.78, 5) is 3.89. The number of nitrogens with zero attached hydrogens (tertiary/aromatic N) is 1. The summed E-state index contributed by atoms with van der Waals surface area (Å²) in [6, 6.07) is 3.16. The molecule has 1 aromatic heterocycles. The highest BCUT2D eigenvalue weighted by Gasteiger charge is 2.24. The van der Waals surface area contributed by atoms with Crippen LogP contribution in [0.4, 0.5) is 0 Å². The van der Waals surface area contributed by atoms with Gasteiger partial charge in [-0.2, -0.15) is 0 Å². The first-order valence-corrected chi connectivity index (χ1v) is 6.75. The van der Waals surface area contributed by atoms with E-state index in [9.17, 15) is 8.42 Å². The van der Waals surface area contributed by atoms with E-state index in [1.807, 2.05) is 0 Å². The highest BCUT2D eigenvalue weighted by Crippen LogP contribution is 2.28. The van der Waals surface area contributed by atoms with Gasteiger partial charge in [0.15, 0.2) is 5.03 Å². The predicted molar refractivity (Wildman–Crippen MR) is 60.0 cm³/mol. The molecule has 6 heteroatoms. The molecule has 1 aliphatic rings. The van der Waals surface area contributed by atoms with Crippen molar-refractivity contribution in [2.24, 2.45) is 11.7 Å². The summed E-state index contributed by atoms with van der Waals surface area (Å²) in [7, 11) is -3.44. The lowest BCUT2D eigenvalue weighted by Gasteiger charge is -2.05. The van der Waals surface area contributed by atoms with Crippen LogP contribution < -0.4 is 10.5 Å². The zero-order valence-corrected chi connectivity index (χ0v) is 9.70. The third kappa shape index (κ3) is 2.78. The second-order valence-corrected chi connectivity index (χ2v) is 5.72. The Labute approximate surface area is 95.1 Å². The Bertz CT molecular complexity index is 451. The standard InChI is InChI=1S/C10H15N3O2S/c11-5-9-3-4-10(12-6-9)16(14,15)13-7-8-1-2-8/h3-4,6,8,13H,1-2,5,7,11H2. The molecule has 16 heavy (non-hydrogen) atoms. The van der Waals surface area contributed by atoms with Crippen LogP contribution in [-0.2, 0) is 16.6 Å². The second kappa shape index (κ2) is 4.48. The minimum absolute atomic E-state index is 0.0605. The quantitative estimate of drug-likeness (QED) is 0.772. The topological polar surface area (TPSA) is 85.1 Å². The molecule has 1 heterocycles. The monoisotopic (exact) mass is 241 g/mol. The molecular weight excluding hydrogens is 226 g/mol. The summed E-state index contributed by atoms with van der Waals surface area (Å²) in [5.41, 5.74) is 6.23. The van der Waals surface area contributed by atoms with E-state index in [1.165, 1.54) is 12.3 Å². The molecule has 3 N–H and O–H groups in total. The Morgan fingerprint density at radius 3 is 2.69 bits per heavy atom. The minimum atomic E-state index is -3.44. The van der Waals surface area contributed by atoms with Gasteiger partial charge in [0.2, 0.25) is 0 Å².